The minimum absolute atomic E-state index is 0.0792. The molecule has 1 heterocycles. The summed E-state index contributed by atoms with van der Waals surface area (Å²) in [6, 6.07) is 3.13. The molecule has 1 aromatic rings. The molecule has 1 fully saturated rings. The fourth-order valence-electron chi connectivity index (χ4n) is 2.50. The van der Waals surface area contributed by atoms with Gasteiger partial charge in [-0.25, -0.2) is 9.78 Å². The topological polar surface area (TPSA) is 70.5 Å². The summed E-state index contributed by atoms with van der Waals surface area (Å²) in [5.41, 5.74) is 0.0830. The molecule has 0 aromatic carbocycles. The highest BCUT2D eigenvalue weighted by atomic mass is 16.4. The first-order chi connectivity index (χ1) is 8.61. The lowest BCUT2D eigenvalue weighted by Gasteiger charge is -2.27. The van der Waals surface area contributed by atoms with Crippen molar-refractivity contribution in [3.63, 3.8) is 0 Å². The third-order valence-electron chi connectivity index (χ3n) is 3.27. The number of carbonyl (C=O) groups is 2. The van der Waals surface area contributed by atoms with E-state index >= 15 is 0 Å². The van der Waals surface area contributed by atoms with Crippen LogP contribution in [0.3, 0.4) is 0 Å². The number of amides is 1. The lowest BCUT2D eigenvalue weighted by Crippen LogP contribution is -2.39. The van der Waals surface area contributed by atoms with E-state index in [0.717, 1.165) is 25.7 Å². The van der Waals surface area contributed by atoms with Crippen molar-refractivity contribution in [2.24, 2.45) is 0 Å². The van der Waals surface area contributed by atoms with Gasteiger partial charge in [0.1, 0.15) is 11.4 Å². The number of carboxylic acid groups (broad SMARTS) is 1. The summed E-state index contributed by atoms with van der Waals surface area (Å²) in [4.78, 5) is 28.6. The maximum absolute atomic E-state index is 11.8. The summed E-state index contributed by atoms with van der Waals surface area (Å²) in [6.07, 6.45) is 5.49. The summed E-state index contributed by atoms with van der Waals surface area (Å²) in [5, 5.41) is 9.16. The Bertz CT molecular complexity index is 467. The van der Waals surface area contributed by atoms with Crippen molar-refractivity contribution in [1.82, 2.24) is 4.98 Å². The van der Waals surface area contributed by atoms with Crippen molar-refractivity contribution in [3.8, 4) is 0 Å². The molecule has 0 radical (unpaired) electrons. The summed E-state index contributed by atoms with van der Waals surface area (Å²) in [6.45, 7) is 1.46. The second kappa shape index (κ2) is 5.16. The van der Waals surface area contributed by atoms with E-state index in [9.17, 15) is 9.59 Å². The number of hydrogen-bond acceptors (Lipinski definition) is 3. The average Bonchev–Trinajstić information content (AvgIpc) is 2.83. The Hall–Kier alpha value is -1.91. The largest absolute Gasteiger partial charge is 0.478 e. The molecule has 96 valence electrons. The zero-order valence-corrected chi connectivity index (χ0v) is 10.3. The van der Waals surface area contributed by atoms with Gasteiger partial charge in [-0.1, -0.05) is 12.8 Å². The molecular formula is C13H16N2O3. The summed E-state index contributed by atoms with van der Waals surface area (Å²) in [5.74, 6) is -0.935. The maximum atomic E-state index is 11.8. The Morgan fingerprint density at radius 2 is 2.06 bits per heavy atom. The van der Waals surface area contributed by atoms with Gasteiger partial charge in [0.05, 0.1) is 0 Å². The van der Waals surface area contributed by atoms with E-state index < -0.39 is 5.97 Å². The molecule has 1 aliphatic carbocycles. The molecule has 5 nitrogen and oxygen atoms in total. The van der Waals surface area contributed by atoms with Gasteiger partial charge in [-0.2, -0.15) is 0 Å². The average molecular weight is 248 g/mol. The van der Waals surface area contributed by atoms with Gasteiger partial charge in [-0.15, -0.1) is 0 Å². The number of aromatic nitrogens is 1. The smallest absolute Gasteiger partial charge is 0.339 e. The Balaban J connectivity index is 2.42. The highest BCUT2D eigenvalue weighted by molar-refractivity contribution is 6.00. The van der Waals surface area contributed by atoms with Crippen molar-refractivity contribution in [1.29, 1.82) is 0 Å². The molecule has 5 heteroatoms. The molecule has 1 saturated carbocycles. The fraction of sp³-hybridized carbons (Fsp3) is 0.462. The van der Waals surface area contributed by atoms with Crippen LogP contribution in [-0.2, 0) is 4.79 Å². The van der Waals surface area contributed by atoms with Gasteiger partial charge in [0, 0.05) is 19.2 Å². The number of pyridine rings is 1. The molecular weight excluding hydrogens is 232 g/mol. The van der Waals surface area contributed by atoms with Crippen LogP contribution in [0.2, 0.25) is 0 Å². The summed E-state index contributed by atoms with van der Waals surface area (Å²) < 4.78 is 0. The van der Waals surface area contributed by atoms with Gasteiger partial charge in [-0.05, 0) is 25.0 Å². The molecule has 0 bridgehead atoms. The molecule has 1 aliphatic rings. The van der Waals surface area contributed by atoms with Gasteiger partial charge < -0.3 is 5.11 Å². The molecule has 1 N–H and O–H groups in total. The Kier molecular flexibility index (Phi) is 3.60. The predicted octanol–water partition coefficient (Wildman–Crippen LogP) is 2.08. The third-order valence-corrected chi connectivity index (χ3v) is 3.27. The monoisotopic (exact) mass is 248 g/mol. The first-order valence-electron chi connectivity index (χ1n) is 6.09. The second-order valence-corrected chi connectivity index (χ2v) is 4.51. The van der Waals surface area contributed by atoms with E-state index in [1.807, 2.05) is 0 Å². The lowest BCUT2D eigenvalue weighted by atomic mass is 10.1. The molecule has 0 spiro atoms. The molecule has 0 unspecified atom stereocenters. The van der Waals surface area contributed by atoms with E-state index in [1.54, 1.807) is 6.07 Å². The van der Waals surface area contributed by atoms with Crippen molar-refractivity contribution in [3.05, 3.63) is 23.9 Å². The van der Waals surface area contributed by atoms with Gasteiger partial charge >= 0.3 is 5.97 Å². The van der Waals surface area contributed by atoms with Crippen LogP contribution in [0.4, 0.5) is 5.82 Å². The van der Waals surface area contributed by atoms with E-state index in [4.69, 9.17) is 5.11 Å². The molecule has 18 heavy (non-hydrogen) atoms. The van der Waals surface area contributed by atoms with E-state index in [0.29, 0.717) is 0 Å². The number of carboxylic acids is 1. The normalized spacial score (nSPS) is 15.6. The number of rotatable bonds is 3. The van der Waals surface area contributed by atoms with Crippen LogP contribution in [-0.4, -0.2) is 28.0 Å². The molecule has 0 saturated heterocycles. The van der Waals surface area contributed by atoms with Crippen molar-refractivity contribution in [2.45, 2.75) is 38.6 Å². The molecule has 2 rings (SSSR count). The van der Waals surface area contributed by atoms with Gasteiger partial charge in [0.2, 0.25) is 5.91 Å². The van der Waals surface area contributed by atoms with Crippen LogP contribution in [0.25, 0.3) is 0 Å². The Morgan fingerprint density at radius 3 is 2.61 bits per heavy atom. The van der Waals surface area contributed by atoms with Crippen molar-refractivity contribution < 1.29 is 14.7 Å². The summed E-state index contributed by atoms with van der Waals surface area (Å²) in [7, 11) is 0. The van der Waals surface area contributed by atoms with Crippen LogP contribution in [0.15, 0.2) is 18.3 Å². The first-order valence-corrected chi connectivity index (χ1v) is 6.09. The predicted molar refractivity (Wildman–Crippen MR) is 66.6 cm³/mol. The van der Waals surface area contributed by atoms with E-state index in [2.05, 4.69) is 4.98 Å². The molecule has 1 amide bonds. The van der Waals surface area contributed by atoms with Gasteiger partial charge in [0.25, 0.3) is 0 Å². The maximum Gasteiger partial charge on any atom is 0.339 e. The Morgan fingerprint density at radius 1 is 1.39 bits per heavy atom. The van der Waals surface area contributed by atoms with Crippen LogP contribution in [0, 0.1) is 0 Å². The number of anilines is 1. The minimum Gasteiger partial charge on any atom is -0.478 e. The highest BCUT2D eigenvalue weighted by Crippen LogP contribution is 2.29. The SMILES string of the molecule is CC(=O)N(c1ncccc1C(=O)O)C1CCCC1. The lowest BCUT2D eigenvalue weighted by molar-refractivity contribution is -0.117. The number of nitrogens with zero attached hydrogens (tertiary/aromatic N) is 2. The fourth-order valence-corrected chi connectivity index (χ4v) is 2.50. The Labute approximate surface area is 105 Å². The zero-order chi connectivity index (χ0) is 13.1. The van der Waals surface area contributed by atoms with Crippen molar-refractivity contribution >= 4 is 17.7 Å². The van der Waals surface area contributed by atoms with Gasteiger partial charge in [0.15, 0.2) is 0 Å². The molecule has 0 atom stereocenters. The summed E-state index contributed by atoms with van der Waals surface area (Å²) >= 11 is 0. The zero-order valence-electron chi connectivity index (χ0n) is 10.3. The number of aromatic carboxylic acids is 1. The van der Waals surface area contributed by atoms with Crippen molar-refractivity contribution in [2.75, 3.05) is 4.90 Å². The van der Waals surface area contributed by atoms with Crippen LogP contribution in [0.5, 0.6) is 0 Å². The molecule has 0 aliphatic heterocycles. The third kappa shape index (κ3) is 2.34. The highest BCUT2D eigenvalue weighted by Gasteiger charge is 2.29. The second-order valence-electron chi connectivity index (χ2n) is 4.51. The molecule has 1 aromatic heterocycles. The first kappa shape index (κ1) is 12.5. The standard InChI is InChI=1S/C13H16N2O3/c1-9(16)15(10-5-2-3-6-10)12-11(13(17)18)7-4-8-14-12/h4,7-8,10H,2-3,5-6H2,1H3,(H,17,18). The van der Waals surface area contributed by atoms with Crippen LogP contribution in [0.1, 0.15) is 43.0 Å². The van der Waals surface area contributed by atoms with E-state index in [-0.39, 0.29) is 23.3 Å². The van der Waals surface area contributed by atoms with Gasteiger partial charge in [-0.3, -0.25) is 9.69 Å². The minimum atomic E-state index is -1.05. The van der Waals surface area contributed by atoms with Crippen LogP contribution >= 0.6 is 0 Å². The quantitative estimate of drug-likeness (QED) is 0.889. The number of hydrogen-bond donors (Lipinski definition) is 1. The van der Waals surface area contributed by atoms with E-state index in [1.165, 1.54) is 24.1 Å². The van der Waals surface area contributed by atoms with Crippen LogP contribution < -0.4 is 4.90 Å². The number of carbonyl (C=O) groups excluding carboxylic acids is 1.